The minimum absolute atomic E-state index is 0.689. The van der Waals surface area contributed by atoms with Crippen LogP contribution >= 0.6 is 0 Å². The van der Waals surface area contributed by atoms with Gasteiger partial charge in [-0.1, -0.05) is 27.7 Å². The van der Waals surface area contributed by atoms with Crippen molar-refractivity contribution in [2.45, 2.75) is 59.0 Å². The van der Waals surface area contributed by atoms with Gasteiger partial charge in [0, 0.05) is 18.6 Å². The number of hydrogen-bond acceptors (Lipinski definition) is 2. The van der Waals surface area contributed by atoms with Crippen molar-refractivity contribution in [1.82, 2.24) is 10.2 Å². The summed E-state index contributed by atoms with van der Waals surface area (Å²) in [6.07, 6.45) is 4.11. The van der Waals surface area contributed by atoms with E-state index >= 15 is 0 Å². The minimum Gasteiger partial charge on any atom is -0.315 e. The molecule has 0 aliphatic heterocycles. The maximum Gasteiger partial charge on any atom is 0.0249 e. The van der Waals surface area contributed by atoms with Gasteiger partial charge in [0.15, 0.2) is 0 Å². The lowest BCUT2D eigenvalue weighted by molar-refractivity contribution is 0.0972. The molecule has 0 radical (unpaired) electrons. The van der Waals surface area contributed by atoms with Gasteiger partial charge in [0.1, 0.15) is 0 Å². The number of nitrogens with one attached hydrogen (secondary N) is 1. The van der Waals surface area contributed by atoms with Crippen LogP contribution in [0.2, 0.25) is 0 Å². The van der Waals surface area contributed by atoms with E-state index < -0.39 is 0 Å². The zero-order valence-electron chi connectivity index (χ0n) is 12.7. The Labute approximate surface area is 108 Å². The molecule has 2 heteroatoms. The zero-order valence-corrected chi connectivity index (χ0v) is 12.7. The first-order chi connectivity index (χ1) is 7.95. The van der Waals surface area contributed by atoms with Crippen LogP contribution in [-0.2, 0) is 0 Å². The summed E-state index contributed by atoms with van der Waals surface area (Å²) in [4.78, 5) is 2.58. The lowest BCUT2D eigenvalue weighted by Crippen LogP contribution is -2.52. The maximum atomic E-state index is 3.53. The first-order valence-corrected chi connectivity index (χ1v) is 7.33. The smallest absolute Gasteiger partial charge is 0.0249 e. The largest absolute Gasteiger partial charge is 0.315 e. The summed E-state index contributed by atoms with van der Waals surface area (Å²) in [5, 5.41) is 3.53. The van der Waals surface area contributed by atoms with E-state index in [4.69, 9.17) is 0 Å². The van der Waals surface area contributed by atoms with Gasteiger partial charge < -0.3 is 10.2 Å². The molecule has 0 aromatic heterocycles. The molecular formula is C15H32N2. The second-order valence-corrected chi connectivity index (χ2v) is 6.61. The highest BCUT2D eigenvalue weighted by Crippen LogP contribution is 2.32. The van der Waals surface area contributed by atoms with E-state index in [9.17, 15) is 0 Å². The van der Waals surface area contributed by atoms with E-state index in [0.717, 1.165) is 23.8 Å². The molecule has 17 heavy (non-hydrogen) atoms. The van der Waals surface area contributed by atoms with Crippen LogP contribution in [0.4, 0.5) is 0 Å². The van der Waals surface area contributed by atoms with Gasteiger partial charge in [-0.05, 0) is 51.1 Å². The van der Waals surface area contributed by atoms with Crippen LogP contribution in [0.15, 0.2) is 0 Å². The summed E-state index contributed by atoms with van der Waals surface area (Å²) < 4.78 is 0. The molecule has 0 heterocycles. The molecule has 1 saturated carbocycles. The predicted octanol–water partition coefficient (Wildman–Crippen LogP) is 2.99. The predicted molar refractivity (Wildman–Crippen MR) is 76.3 cm³/mol. The summed E-state index contributed by atoms with van der Waals surface area (Å²) in [7, 11) is 4.42. The molecule has 2 nitrogen and oxygen atoms in total. The molecule has 3 atom stereocenters. The van der Waals surface area contributed by atoms with E-state index in [2.05, 4.69) is 52.0 Å². The SMILES string of the molecule is CNC1CCC(C(C)C)CC1N(C)CC(C)C. The number of hydrogen-bond donors (Lipinski definition) is 1. The van der Waals surface area contributed by atoms with Gasteiger partial charge in [-0.25, -0.2) is 0 Å². The quantitative estimate of drug-likeness (QED) is 0.795. The highest BCUT2D eigenvalue weighted by molar-refractivity contribution is 4.90. The standard InChI is InChI=1S/C15H32N2/c1-11(2)10-17(6)15-9-13(12(3)4)7-8-14(15)16-5/h11-16H,7-10H2,1-6H3. The van der Waals surface area contributed by atoms with Crippen LogP contribution in [0.25, 0.3) is 0 Å². The van der Waals surface area contributed by atoms with Crippen molar-refractivity contribution in [3.63, 3.8) is 0 Å². The topological polar surface area (TPSA) is 15.3 Å². The van der Waals surface area contributed by atoms with Crippen LogP contribution < -0.4 is 5.32 Å². The van der Waals surface area contributed by atoms with Crippen molar-refractivity contribution >= 4 is 0 Å². The zero-order chi connectivity index (χ0) is 13.0. The summed E-state index contributed by atoms with van der Waals surface area (Å²) in [5.74, 6) is 2.51. The molecule has 0 aromatic carbocycles. The molecule has 1 fully saturated rings. The Balaban J connectivity index is 2.62. The average Bonchev–Trinajstić information content (AvgIpc) is 2.27. The monoisotopic (exact) mass is 240 g/mol. The lowest BCUT2D eigenvalue weighted by Gasteiger charge is -2.43. The van der Waals surface area contributed by atoms with Gasteiger partial charge in [0.25, 0.3) is 0 Å². The Bertz CT molecular complexity index is 213. The molecule has 1 aliphatic carbocycles. The Hall–Kier alpha value is -0.0800. The van der Waals surface area contributed by atoms with Gasteiger partial charge >= 0.3 is 0 Å². The van der Waals surface area contributed by atoms with Crippen molar-refractivity contribution in [3.8, 4) is 0 Å². The molecule has 0 saturated heterocycles. The van der Waals surface area contributed by atoms with E-state index in [-0.39, 0.29) is 0 Å². The molecular weight excluding hydrogens is 208 g/mol. The molecule has 0 bridgehead atoms. The Morgan fingerprint density at radius 3 is 2.29 bits per heavy atom. The van der Waals surface area contributed by atoms with Crippen molar-refractivity contribution in [1.29, 1.82) is 0 Å². The Morgan fingerprint density at radius 2 is 1.82 bits per heavy atom. The van der Waals surface area contributed by atoms with Crippen LogP contribution in [0.3, 0.4) is 0 Å². The minimum atomic E-state index is 0.689. The molecule has 102 valence electrons. The second kappa shape index (κ2) is 6.75. The fourth-order valence-electron chi connectivity index (χ4n) is 3.32. The van der Waals surface area contributed by atoms with Crippen LogP contribution in [0, 0.1) is 17.8 Å². The van der Waals surface area contributed by atoms with Crippen molar-refractivity contribution in [3.05, 3.63) is 0 Å². The van der Waals surface area contributed by atoms with Crippen molar-refractivity contribution < 1.29 is 0 Å². The Morgan fingerprint density at radius 1 is 1.18 bits per heavy atom. The highest BCUT2D eigenvalue weighted by atomic mass is 15.2. The van der Waals surface area contributed by atoms with Crippen molar-refractivity contribution in [2.24, 2.45) is 17.8 Å². The summed E-state index contributed by atoms with van der Waals surface area (Å²) in [5.41, 5.74) is 0. The van der Waals surface area contributed by atoms with E-state index in [1.807, 2.05) is 0 Å². The Kier molecular flexibility index (Phi) is 5.94. The average molecular weight is 240 g/mol. The normalized spacial score (nSPS) is 30.5. The third-order valence-electron chi connectivity index (χ3n) is 4.39. The molecule has 3 unspecified atom stereocenters. The van der Waals surface area contributed by atoms with Gasteiger partial charge in [0.2, 0.25) is 0 Å². The first kappa shape index (κ1) is 15.0. The molecule has 1 rings (SSSR count). The van der Waals surface area contributed by atoms with Gasteiger partial charge in [0.05, 0.1) is 0 Å². The lowest BCUT2D eigenvalue weighted by atomic mass is 9.76. The maximum absolute atomic E-state index is 3.53. The molecule has 0 spiro atoms. The number of rotatable bonds is 5. The molecule has 0 amide bonds. The van der Waals surface area contributed by atoms with Gasteiger partial charge in [-0.2, -0.15) is 0 Å². The van der Waals surface area contributed by atoms with Crippen molar-refractivity contribution in [2.75, 3.05) is 20.6 Å². The number of nitrogens with zero attached hydrogens (tertiary/aromatic N) is 1. The molecule has 0 aromatic rings. The van der Waals surface area contributed by atoms with Crippen LogP contribution in [0.1, 0.15) is 47.0 Å². The second-order valence-electron chi connectivity index (χ2n) is 6.61. The first-order valence-electron chi connectivity index (χ1n) is 7.33. The molecule has 1 N–H and O–H groups in total. The highest BCUT2D eigenvalue weighted by Gasteiger charge is 2.33. The summed E-state index contributed by atoms with van der Waals surface area (Å²) >= 11 is 0. The van der Waals surface area contributed by atoms with Gasteiger partial charge in [-0.15, -0.1) is 0 Å². The summed E-state index contributed by atoms with van der Waals surface area (Å²) in [6, 6.07) is 1.41. The third-order valence-corrected chi connectivity index (χ3v) is 4.39. The molecule has 1 aliphatic rings. The van der Waals surface area contributed by atoms with Crippen LogP contribution in [0.5, 0.6) is 0 Å². The fourth-order valence-corrected chi connectivity index (χ4v) is 3.32. The van der Waals surface area contributed by atoms with E-state index in [0.29, 0.717) is 6.04 Å². The van der Waals surface area contributed by atoms with Gasteiger partial charge in [-0.3, -0.25) is 0 Å². The van der Waals surface area contributed by atoms with E-state index in [1.54, 1.807) is 0 Å². The summed E-state index contributed by atoms with van der Waals surface area (Å²) in [6.45, 7) is 10.6. The van der Waals surface area contributed by atoms with Crippen LogP contribution in [-0.4, -0.2) is 37.6 Å². The third kappa shape index (κ3) is 4.26. The van der Waals surface area contributed by atoms with E-state index in [1.165, 1.54) is 25.8 Å². The fraction of sp³-hybridized carbons (Fsp3) is 1.00. The number of likely N-dealkylation sites (N-methyl/N-ethyl adjacent to an activating group) is 2.